The Bertz CT molecular complexity index is 2820. The van der Waals surface area contributed by atoms with Crippen LogP contribution in [-0.4, -0.2) is 183 Å². The minimum atomic E-state index is -1.85. The third-order valence-electron chi connectivity index (χ3n) is 15.3. The minimum Gasteiger partial charge on any atom is -0.481 e. The van der Waals surface area contributed by atoms with E-state index < -0.39 is 104 Å². The molecule has 8 unspecified atom stereocenters. The van der Waals surface area contributed by atoms with Crippen LogP contribution in [0, 0.1) is 0 Å². The van der Waals surface area contributed by atoms with Crippen LogP contribution in [0.15, 0.2) is 108 Å². The third-order valence-corrected chi connectivity index (χ3v) is 16.0. The summed E-state index contributed by atoms with van der Waals surface area (Å²) in [4.78, 5) is 40.9. The molecule has 0 radical (unpaired) electrons. The number of unbranched alkanes of at least 4 members (excludes halogenated alkanes) is 2. The molecule has 3 aromatic carbocycles. The van der Waals surface area contributed by atoms with Crippen molar-refractivity contribution in [3.63, 3.8) is 0 Å². The molecule has 3 aromatic rings. The first-order valence-electron chi connectivity index (χ1n) is 27.2. The first-order chi connectivity index (χ1) is 38.6. The monoisotopic (exact) mass is 1150 g/mol. The summed E-state index contributed by atoms with van der Waals surface area (Å²) in [6.07, 6.45) is -0.730. The summed E-state index contributed by atoms with van der Waals surface area (Å²) in [7, 11) is 0. The standard InChI is InChI=1S/C59H78N4O17S/c1-58(2)40-29-38(56(76)60-31-44(66)52(72)54(74)46(68)33-64)18-22-42(40)62(26-9-8-17-50(70)71)48(58)24-20-36-15-12-16-37(51(36)35-13-6-5-7-14-35)21-25-49-59(3,4)41-30-39(19-23-43(41)63(49)27-10-11-28-81-80-79-78)57(77)61-32-45(67)53(73)55(75)47(69)34-65/h5-7,13-14,18-25,29-30,44-47,52-55,64-69,72-75H,8-12,15-17,26-28,31-34H2,1-4H3,(H3-,60,61,70,71,76,77,78)/p+1. The van der Waals surface area contributed by atoms with Gasteiger partial charge >= 0.3 is 5.97 Å². The number of aliphatic hydroxyl groups is 10. The van der Waals surface area contributed by atoms with Gasteiger partial charge in [-0.1, -0.05) is 61.4 Å². The van der Waals surface area contributed by atoms with Crippen LogP contribution in [0.3, 0.4) is 0 Å². The molecular weight excluding hydrogens is 1070 g/mol. The molecule has 0 bridgehead atoms. The summed E-state index contributed by atoms with van der Waals surface area (Å²) in [6.45, 7) is 6.75. The summed E-state index contributed by atoms with van der Waals surface area (Å²) >= 11 is 0.977. The van der Waals surface area contributed by atoms with E-state index >= 15 is 0 Å². The molecule has 0 aromatic heterocycles. The van der Waals surface area contributed by atoms with E-state index in [0.29, 0.717) is 38.1 Å². The maximum Gasteiger partial charge on any atom is 0.303 e. The van der Waals surface area contributed by atoms with Crippen molar-refractivity contribution in [1.29, 1.82) is 0 Å². The van der Waals surface area contributed by atoms with E-state index in [4.69, 9.17) is 10.4 Å². The number of fused-ring (bicyclic) bond motifs is 2. The molecule has 0 spiro atoms. The number of nitrogens with zero attached hydrogens (tertiary/aromatic N) is 2. The van der Waals surface area contributed by atoms with Gasteiger partial charge in [-0.25, -0.2) is 5.26 Å². The molecule has 2 heterocycles. The van der Waals surface area contributed by atoms with E-state index in [2.05, 4.69) is 93.6 Å². The number of anilines is 1. The van der Waals surface area contributed by atoms with Crippen LogP contribution < -0.4 is 15.5 Å². The zero-order valence-corrected chi connectivity index (χ0v) is 46.9. The predicted molar refractivity (Wildman–Crippen MR) is 303 cm³/mol. The molecule has 1 aliphatic carbocycles. The molecule has 0 fully saturated rings. The summed E-state index contributed by atoms with van der Waals surface area (Å²) in [5, 5.41) is 127. The highest BCUT2D eigenvalue weighted by Gasteiger charge is 2.45. The van der Waals surface area contributed by atoms with Gasteiger partial charge in [0.15, 0.2) is 5.71 Å². The van der Waals surface area contributed by atoms with Crippen LogP contribution in [0.5, 0.6) is 0 Å². The van der Waals surface area contributed by atoms with E-state index in [-0.39, 0.29) is 17.5 Å². The second-order valence-corrected chi connectivity index (χ2v) is 22.4. The molecule has 2 aliphatic heterocycles. The van der Waals surface area contributed by atoms with Gasteiger partial charge in [-0.05, 0) is 117 Å². The number of carbonyl (C=O) groups is 3. The summed E-state index contributed by atoms with van der Waals surface area (Å²) < 4.78 is 6.77. The van der Waals surface area contributed by atoms with Crippen molar-refractivity contribution in [3.05, 3.63) is 136 Å². The Hall–Kier alpha value is -5.67. The van der Waals surface area contributed by atoms with Crippen molar-refractivity contribution >= 4 is 52.5 Å². The Morgan fingerprint density at radius 1 is 0.704 bits per heavy atom. The highest BCUT2D eigenvalue weighted by molar-refractivity contribution is 7.94. The fraction of sp³-hybridized carbons (Fsp3) is 0.492. The normalized spacial score (nSPS) is 19.8. The maximum atomic E-state index is 13.6. The highest BCUT2D eigenvalue weighted by atomic mass is 32.2. The van der Waals surface area contributed by atoms with Gasteiger partial charge in [-0.3, -0.25) is 14.4 Å². The zero-order valence-electron chi connectivity index (χ0n) is 46.1. The Balaban J connectivity index is 1.35. The molecule has 8 atom stereocenters. The molecule has 0 saturated carbocycles. The van der Waals surface area contributed by atoms with E-state index in [1.54, 1.807) is 24.3 Å². The van der Waals surface area contributed by atoms with Crippen molar-refractivity contribution in [1.82, 2.24) is 10.6 Å². The average molecular weight is 1150 g/mol. The smallest absolute Gasteiger partial charge is 0.303 e. The van der Waals surface area contributed by atoms with Gasteiger partial charge in [0.05, 0.1) is 30.8 Å². The number of carboxylic acid groups (broad SMARTS) is 1. The Kier molecular flexibility index (Phi) is 23.5. The second kappa shape index (κ2) is 29.5. The maximum absolute atomic E-state index is 13.6. The number of allylic oxidation sites excluding steroid dienone is 8. The molecule has 6 rings (SSSR count). The van der Waals surface area contributed by atoms with Gasteiger partial charge in [0, 0.05) is 95.9 Å². The van der Waals surface area contributed by atoms with Gasteiger partial charge in [0.25, 0.3) is 11.8 Å². The number of hydrogen-bond donors (Lipinski definition) is 14. The molecule has 14 N–H and O–H groups in total. The Morgan fingerprint density at radius 3 is 1.89 bits per heavy atom. The topological polar surface area (TPSA) is 343 Å². The van der Waals surface area contributed by atoms with Gasteiger partial charge in [0.2, 0.25) is 5.69 Å². The van der Waals surface area contributed by atoms with Crippen molar-refractivity contribution in [2.75, 3.05) is 50.0 Å². The van der Waals surface area contributed by atoms with Crippen LogP contribution in [0.2, 0.25) is 0 Å². The highest BCUT2D eigenvalue weighted by Crippen LogP contribution is 2.49. The molecule has 3 aliphatic rings. The molecule has 22 heteroatoms. The lowest BCUT2D eigenvalue weighted by Gasteiger charge is -2.28. The minimum absolute atomic E-state index is 0.00512. The summed E-state index contributed by atoms with van der Waals surface area (Å²) in [5.41, 5.74) is 8.80. The number of benzene rings is 3. The van der Waals surface area contributed by atoms with E-state index in [9.17, 15) is 65.4 Å². The zero-order chi connectivity index (χ0) is 59.2. The van der Waals surface area contributed by atoms with Gasteiger partial charge in [0.1, 0.15) is 43.2 Å². The molecular formula is C59H79N4O17S+. The van der Waals surface area contributed by atoms with Crippen molar-refractivity contribution < 1.29 is 89.8 Å². The molecule has 21 nitrogen and oxygen atoms in total. The fourth-order valence-electron chi connectivity index (χ4n) is 10.7. The van der Waals surface area contributed by atoms with Crippen LogP contribution in [-0.2, 0) is 25.0 Å². The lowest BCUT2D eigenvalue weighted by atomic mass is 9.79. The summed E-state index contributed by atoms with van der Waals surface area (Å²) in [5.74, 6) is -1.45. The van der Waals surface area contributed by atoms with Crippen LogP contribution in [0.4, 0.5) is 11.4 Å². The fourth-order valence-corrected chi connectivity index (χ4v) is 11.1. The van der Waals surface area contributed by atoms with Crippen molar-refractivity contribution in [3.8, 4) is 0 Å². The number of carbonyl (C=O) groups excluding carboxylic acids is 2. The van der Waals surface area contributed by atoms with E-state index in [1.165, 1.54) is 0 Å². The van der Waals surface area contributed by atoms with Gasteiger partial charge in [-0.2, -0.15) is 4.58 Å². The van der Waals surface area contributed by atoms with Gasteiger partial charge in [-0.15, -0.1) is 4.33 Å². The number of carboxylic acids is 1. The van der Waals surface area contributed by atoms with Crippen molar-refractivity contribution in [2.24, 2.45) is 0 Å². The molecule has 81 heavy (non-hydrogen) atoms. The average Bonchev–Trinajstić information content (AvgIpc) is 3.91. The largest absolute Gasteiger partial charge is 0.481 e. The molecule has 442 valence electrons. The number of amides is 2. The van der Waals surface area contributed by atoms with E-state index in [0.717, 1.165) is 93.9 Å². The SMILES string of the molecule is CC1(C)C(/C=C/C2=C(c3ccccc3)C(=C/C=C3/N(CCCCSOOO)c4ccc(C(=O)NCC(O)C(O)C(O)C(O)CO)cc4C3(C)C)/CCC2)=[N+](CCCCC(=O)O)c2ccc(C(=O)NCC(O)C(O)C(O)C(O)CO)cc21. The Morgan fingerprint density at radius 2 is 1.30 bits per heavy atom. The lowest BCUT2D eigenvalue weighted by molar-refractivity contribution is -0.438. The lowest BCUT2D eigenvalue weighted by Crippen LogP contribution is -2.49. The number of hydrogen-bond acceptors (Lipinski definition) is 18. The predicted octanol–water partition coefficient (Wildman–Crippen LogP) is 3.30. The van der Waals surface area contributed by atoms with Crippen LogP contribution in [0.1, 0.15) is 116 Å². The molecule has 2 amide bonds. The first kappa shape index (κ1) is 64.5. The third kappa shape index (κ3) is 15.7. The summed E-state index contributed by atoms with van der Waals surface area (Å²) in [6, 6.07) is 20.7. The number of nitrogens with one attached hydrogen (secondary N) is 2. The van der Waals surface area contributed by atoms with Crippen molar-refractivity contribution in [2.45, 2.75) is 139 Å². The quantitative estimate of drug-likeness (QED) is 0.0150. The second-order valence-electron chi connectivity index (χ2n) is 21.6. The first-order valence-corrected chi connectivity index (χ1v) is 28.1. The number of rotatable bonds is 30. The van der Waals surface area contributed by atoms with E-state index in [1.807, 2.05) is 30.3 Å². The van der Waals surface area contributed by atoms with Gasteiger partial charge < -0.3 is 71.7 Å². The molecule has 0 saturated heterocycles. The Labute approximate surface area is 475 Å². The van der Waals surface area contributed by atoms with Crippen LogP contribution in [0.25, 0.3) is 5.57 Å². The number of aliphatic hydroxyl groups excluding tert-OH is 10. The van der Waals surface area contributed by atoms with Crippen LogP contribution >= 0.6 is 12.0 Å². The number of aliphatic carboxylic acids is 1.